The van der Waals surface area contributed by atoms with Crippen LogP contribution in [0.15, 0.2) is 16.3 Å². The normalized spacial score (nSPS) is 18.8. The molecule has 9 heteroatoms. The van der Waals surface area contributed by atoms with Gasteiger partial charge in [0.1, 0.15) is 0 Å². The van der Waals surface area contributed by atoms with Crippen LogP contribution in [-0.4, -0.2) is 53.0 Å². The maximum Gasteiger partial charge on any atom is 0.263 e. The van der Waals surface area contributed by atoms with Crippen molar-refractivity contribution in [2.75, 3.05) is 33.7 Å². The largest absolute Gasteiger partial charge is 0.338 e. The van der Waals surface area contributed by atoms with Crippen LogP contribution in [0.5, 0.6) is 0 Å². The Morgan fingerprint density at radius 2 is 2.18 bits per heavy atom. The van der Waals surface area contributed by atoms with E-state index in [-0.39, 0.29) is 23.2 Å². The van der Waals surface area contributed by atoms with Crippen molar-refractivity contribution in [3.8, 4) is 0 Å². The molecule has 1 aliphatic rings. The van der Waals surface area contributed by atoms with Crippen molar-refractivity contribution in [3.05, 3.63) is 16.3 Å². The summed E-state index contributed by atoms with van der Waals surface area (Å²) < 4.78 is 25.7. The second-order valence-electron chi connectivity index (χ2n) is 5.17. The van der Waals surface area contributed by atoms with Gasteiger partial charge in [0.05, 0.1) is 9.77 Å². The van der Waals surface area contributed by atoms with Gasteiger partial charge in [0.2, 0.25) is 10.0 Å². The van der Waals surface area contributed by atoms with Crippen molar-refractivity contribution in [3.63, 3.8) is 0 Å². The smallest absolute Gasteiger partial charge is 0.263 e. The van der Waals surface area contributed by atoms with Crippen molar-refractivity contribution >= 4 is 39.7 Å². The van der Waals surface area contributed by atoms with E-state index in [1.807, 2.05) is 11.9 Å². The molecule has 1 aromatic heterocycles. The van der Waals surface area contributed by atoms with Crippen LogP contribution in [0.1, 0.15) is 22.5 Å². The van der Waals surface area contributed by atoms with Crippen LogP contribution in [0.2, 0.25) is 0 Å². The zero-order chi connectivity index (χ0) is 15.5. The maximum absolute atomic E-state index is 12.5. The molecule has 1 fully saturated rings. The molecule has 1 aromatic rings. The molecular formula is C13H22ClN3O3S2. The van der Waals surface area contributed by atoms with Gasteiger partial charge in [-0.05, 0) is 45.5 Å². The third-order valence-electron chi connectivity index (χ3n) is 3.66. The lowest BCUT2D eigenvalue weighted by Crippen LogP contribution is -2.42. The summed E-state index contributed by atoms with van der Waals surface area (Å²) in [6.45, 7) is 2.37. The van der Waals surface area contributed by atoms with E-state index >= 15 is 0 Å². The first-order chi connectivity index (χ1) is 9.97. The van der Waals surface area contributed by atoms with Crippen LogP contribution in [0.25, 0.3) is 0 Å². The van der Waals surface area contributed by atoms with Crippen molar-refractivity contribution in [1.29, 1.82) is 0 Å². The van der Waals surface area contributed by atoms with Gasteiger partial charge in [-0.3, -0.25) is 4.79 Å². The first kappa shape index (κ1) is 19.4. The summed E-state index contributed by atoms with van der Waals surface area (Å²) in [5.41, 5.74) is 0. The van der Waals surface area contributed by atoms with E-state index in [0.717, 1.165) is 32.5 Å². The van der Waals surface area contributed by atoms with Crippen molar-refractivity contribution in [2.24, 2.45) is 5.92 Å². The summed E-state index contributed by atoms with van der Waals surface area (Å²) in [4.78, 5) is 14.9. The van der Waals surface area contributed by atoms with E-state index in [1.165, 1.54) is 29.8 Å². The second kappa shape index (κ2) is 8.26. The molecule has 1 unspecified atom stereocenters. The zero-order valence-corrected chi connectivity index (χ0v) is 15.1. The Labute approximate surface area is 141 Å². The number of hydrogen-bond acceptors (Lipinski definition) is 5. The molecule has 0 radical (unpaired) electrons. The zero-order valence-electron chi connectivity index (χ0n) is 12.7. The van der Waals surface area contributed by atoms with Crippen LogP contribution in [-0.2, 0) is 10.0 Å². The minimum absolute atomic E-state index is 0. The van der Waals surface area contributed by atoms with Crippen LogP contribution in [0.4, 0.5) is 0 Å². The first-order valence-electron chi connectivity index (χ1n) is 6.94. The quantitative estimate of drug-likeness (QED) is 0.818. The predicted molar refractivity (Wildman–Crippen MR) is 90.4 cm³/mol. The van der Waals surface area contributed by atoms with Crippen molar-refractivity contribution in [2.45, 2.75) is 17.7 Å². The molecule has 22 heavy (non-hydrogen) atoms. The molecular weight excluding hydrogens is 346 g/mol. The van der Waals surface area contributed by atoms with Gasteiger partial charge in [0.15, 0.2) is 0 Å². The number of nitrogens with one attached hydrogen (secondary N) is 2. The minimum atomic E-state index is -3.48. The fourth-order valence-corrected chi connectivity index (χ4v) is 4.52. The molecule has 2 N–H and O–H groups in total. The highest BCUT2D eigenvalue weighted by Gasteiger charge is 2.26. The van der Waals surface area contributed by atoms with Gasteiger partial charge >= 0.3 is 0 Å². The molecule has 6 nitrogen and oxygen atoms in total. The molecule has 0 saturated carbocycles. The number of carbonyl (C=O) groups is 1. The molecule has 1 aliphatic heterocycles. The van der Waals surface area contributed by atoms with Gasteiger partial charge in [-0.15, -0.1) is 23.7 Å². The highest BCUT2D eigenvalue weighted by Crippen LogP contribution is 2.23. The molecule has 1 saturated heterocycles. The lowest BCUT2D eigenvalue weighted by Gasteiger charge is -2.32. The Hall–Kier alpha value is -0.670. The molecule has 0 spiro atoms. The number of likely N-dealkylation sites (tertiary alicyclic amines) is 1. The number of piperidine rings is 1. The van der Waals surface area contributed by atoms with E-state index in [1.54, 1.807) is 0 Å². The maximum atomic E-state index is 12.5. The van der Waals surface area contributed by atoms with Gasteiger partial charge in [-0.25, -0.2) is 13.1 Å². The standard InChI is InChI=1S/C13H21N3O3S2.ClH/c1-14-7-10-4-3-5-16(8-10)13(17)12-6-11(9-20-12)21(18,19)15-2;/h6,9-10,14-15H,3-5,7-8H2,1-2H3;1H. The van der Waals surface area contributed by atoms with Crippen LogP contribution in [0, 0.1) is 5.92 Å². The third kappa shape index (κ3) is 4.42. The van der Waals surface area contributed by atoms with E-state index in [0.29, 0.717) is 10.8 Å². The Balaban J connectivity index is 0.00000242. The van der Waals surface area contributed by atoms with Crippen LogP contribution >= 0.6 is 23.7 Å². The summed E-state index contributed by atoms with van der Waals surface area (Å²) in [5.74, 6) is 0.395. The molecule has 1 amide bonds. The van der Waals surface area contributed by atoms with Crippen molar-refractivity contribution in [1.82, 2.24) is 14.9 Å². The highest BCUT2D eigenvalue weighted by atomic mass is 35.5. The number of thiophene rings is 1. The number of halogens is 1. The van der Waals surface area contributed by atoms with Gasteiger partial charge < -0.3 is 10.2 Å². The SMILES string of the molecule is CNCC1CCCN(C(=O)c2cc(S(=O)(=O)NC)cs2)C1.Cl. The minimum Gasteiger partial charge on any atom is -0.338 e. The third-order valence-corrected chi connectivity index (χ3v) is 6.13. The average molecular weight is 368 g/mol. The summed E-state index contributed by atoms with van der Waals surface area (Å²) in [6.07, 6.45) is 2.11. The predicted octanol–water partition coefficient (Wildman–Crippen LogP) is 1.15. The Kier molecular flexibility index (Phi) is 7.27. The monoisotopic (exact) mass is 367 g/mol. The van der Waals surface area contributed by atoms with Crippen molar-refractivity contribution < 1.29 is 13.2 Å². The number of carbonyl (C=O) groups excluding carboxylic acids is 1. The lowest BCUT2D eigenvalue weighted by molar-refractivity contribution is 0.0679. The second-order valence-corrected chi connectivity index (χ2v) is 7.97. The molecule has 0 aliphatic carbocycles. The highest BCUT2D eigenvalue weighted by molar-refractivity contribution is 7.89. The fraction of sp³-hybridized carbons (Fsp3) is 0.615. The number of amides is 1. The van der Waals surface area contributed by atoms with Crippen LogP contribution < -0.4 is 10.0 Å². The summed E-state index contributed by atoms with van der Waals surface area (Å²) in [7, 11) is -0.207. The molecule has 1 atom stereocenters. The number of hydrogen-bond donors (Lipinski definition) is 2. The molecule has 126 valence electrons. The molecule has 0 bridgehead atoms. The number of nitrogens with zero attached hydrogens (tertiary/aromatic N) is 1. The Bertz CT molecular complexity index is 601. The fourth-order valence-electron chi connectivity index (χ4n) is 2.55. The van der Waals surface area contributed by atoms with E-state index in [4.69, 9.17) is 0 Å². The number of sulfonamides is 1. The summed E-state index contributed by atoms with van der Waals surface area (Å²) in [6, 6.07) is 1.46. The van der Waals surface area contributed by atoms with Gasteiger partial charge in [-0.2, -0.15) is 0 Å². The molecule has 2 rings (SSSR count). The lowest BCUT2D eigenvalue weighted by atomic mass is 9.98. The molecule has 2 heterocycles. The van der Waals surface area contributed by atoms with Gasteiger partial charge in [-0.1, -0.05) is 0 Å². The summed E-state index contributed by atoms with van der Waals surface area (Å²) >= 11 is 1.18. The topological polar surface area (TPSA) is 78.5 Å². The summed E-state index contributed by atoms with van der Waals surface area (Å²) in [5, 5.41) is 4.65. The Morgan fingerprint density at radius 1 is 1.45 bits per heavy atom. The van der Waals surface area contributed by atoms with E-state index in [2.05, 4.69) is 10.0 Å². The van der Waals surface area contributed by atoms with E-state index in [9.17, 15) is 13.2 Å². The average Bonchev–Trinajstić information content (AvgIpc) is 2.98. The van der Waals surface area contributed by atoms with Crippen LogP contribution in [0.3, 0.4) is 0 Å². The van der Waals surface area contributed by atoms with E-state index < -0.39 is 10.0 Å². The Morgan fingerprint density at radius 3 is 2.82 bits per heavy atom. The first-order valence-corrected chi connectivity index (χ1v) is 9.30. The number of rotatable bonds is 5. The van der Waals surface area contributed by atoms with Gasteiger partial charge in [0.25, 0.3) is 5.91 Å². The van der Waals surface area contributed by atoms with Gasteiger partial charge in [0, 0.05) is 18.5 Å². The molecule has 0 aromatic carbocycles.